The summed E-state index contributed by atoms with van der Waals surface area (Å²) in [6, 6.07) is 13.4. The number of aromatic nitrogens is 1. The average Bonchev–Trinajstić information content (AvgIpc) is 2.72. The summed E-state index contributed by atoms with van der Waals surface area (Å²) >= 11 is 0. The summed E-state index contributed by atoms with van der Waals surface area (Å²) in [5, 5.41) is 2.91. The molecule has 3 aromatic rings. The van der Waals surface area contributed by atoms with E-state index in [0.29, 0.717) is 11.1 Å². The van der Waals surface area contributed by atoms with Crippen molar-refractivity contribution >= 4 is 27.2 Å². The van der Waals surface area contributed by atoms with Crippen molar-refractivity contribution in [3.8, 4) is 0 Å². The molecule has 0 atom stereocenters. The number of fused-ring (bicyclic) bond motifs is 1. The first-order valence-corrected chi connectivity index (χ1v) is 10.4. The summed E-state index contributed by atoms with van der Waals surface area (Å²) in [6.07, 6.45) is 1.42. The Morgan fingerprint density at radius 2 is 1.73 bits per heavy atom. The lowest BCUT2D eigenvalue weighted by Gasteiger charge is -2.24. The molecule has 30 heavy (non-hydrogen) atoms. The van der Waals surface area contributed by atoms with E-state index < -0.39 is 21.7 Å². The molecule has 0 amide bonds. The van der Waals surface area contributed by atoms with E-state index in [9.17, 15) is 17.2 Å². The van der Waals surface area contributed by atoms with E-state index in [4.69, 9.17) is 0 Å². The van der Waals surface area contributed by atoms with Crippen LogP contribution in [0.5, 0.6) is 0 Å². The third-order valence-electron chi connectivity index (χ3n) is 4.54. The fraction of sp³-hybridized carbons (Fsp3) is 0.0476. The van der Waals surface area contributed by atoms with Crippen molar-refractivity contribution in [1.29, 1.82) is 0 Å². The zero-order chi connectivity index (χ0) is 21.3. The molecule has 6 nitrogen and oxygen atoms in total. The number of benzene rings is 2. The van der Waals surface area contributed by atoms with Gasteiger partial charge in [-0.15, -0.1) is 0 Å². The number of pyridine rings is 1. The van der Waals surface area contributed by atoms with Gasteiger partial charge >= 0.3 is 0 Å². The van der Waals surface area contributed by atoms with Gasteiger partial charge in [0.15, 0.2) is 0 Å². The van der Waals surface area contributed by atoms with E-state index in [-0.39, 0.29) is 34.3 Å². The lowest BCUT2D eigenvalue weighted by atomic mass is 9.97. The Kier molecular flexibility index (Phi) is 5.04. The van der Waals surface area contributed by atoms with Crippen molar-refractivity contribution in [3.05, 3.63) is 95.8 Å². The van der Waals surface area contributed by atoms with Crippen molar-refractivity contribution in [3.63, 3.8) is 0 Å². The minimum absolute atomic E-state index is 0.0274. The van der Waals surface area contributed by atoms with Crippen LogP contribution in [0, 0.1) is 11.6 Å². The van der Waals surface area contributed by atoms with Crippen LogP contribution in [0.1, 0.15) is 16.8 Å². The predicted octanol–water partition coefficient (Wildman–Crippen LogP) is 3.68. The second kappa shape index (κ2) is 7.68. The number of nitrogens with zero attached hydrogens (tertiary/aromatic N) is 2. The molecule has 0 fully saturated rings. The standard InChI is InChI=1S/C21H16F2N4O2S/c1-13(14-6-2-3-8-16(14)22)15-7-4-10-19-20(15)26-21(27-30(19,28)29)25-12-18-17(23)9-5-11-24-18/h2-11H,1,12H2,(H2,25,26,27). The number of para-hydroxylation sites is 1. The van der Waals surface area contributed by atoms with Gasteiger partial charge < -0.3 is 5.32 Å². The maximum absolute atomic E-state index is 14.3. The molecule has 2 aromatic carbocycles. The molecular weight excluding hydrogens is 410 g/mol. The smallest absolute Gasteiger partial charge is 0.266 e. The van der Waals surface area contributed by atoms with Crippen molar-refractivity contribution < 1.29 is 17.2 Å². The molecule has 2 heterocycles. The van der Waals surface area contributed by atoms with E-state index in [1.807, 2.05) is 0 Å². The highest BCUT2D eigenvalue weighted by Crippen LogP contribution is 2.35. The number of halogens is 2. The van der Waals surface area contributed by atoms with E-state index in [1.54, 1.807) is 30.3 Å². The summed E-state index contributed by atoms with van der Waals surface area (Å²) in [6.45, 7) is 3.77. The first-order valence-electron chi connectivity index (χ1n) is 8.88. The van der Waals surface area contributed by atoms with Crippen LogP contribution in [0.15, 0.2) is 77.3 Å². The highest BCUT2D eigenvalue weighted by atomic mass is 32.2. The van der Waals surface area contributed by atoms with E-state index >= 15 is 0 Å². The summed E-state index contributed by atoms with van der Waals surface area (Å²) in [5.74, 6) is -1.12. The molecule has 0 saturated carbocycles. The molecule has 2 N–H and O–H groups in total. The summed E-state index contributed by atoms with van der Waals surface area (Å²) in [4.78, 5) is 7.98. The first-order chi connectivity index (χ1) is 14.4. The summed E-state index contributed by atoms with van der Waals surface area (Å²) < 4.78 is 55.8. The highest BCUT2D eigenvalue weighted by molar-refractivity contribution is 7.90. The van der Waals surface area contributed by atoms with Crippen LogP contribution in [0.3, 0.4) is 0 Å². The minimum atomic E-state index is -3.95. The Balaban J connectivity index is 1.75. The number of anilines is 1. The zero-order valence-corrected chi connectivity index (χ0v) is 16.4. The van der Waals surface area contributed by atoms with Gasteiger partial charge in [0.05, 0.1) is 17.9 Å². The van der Waals surface area contributed by atoms with Gasteiger partial charge in [0.25, 0.3) is 10.0 Å². The third kappa shape index (κ3) is 3.67. The highest BCUT2D eigenvalue weighted by Gasteiger charge is 2.29. The molecule has 9 heteroatoms. The molecule has 0 bridgehead atoms. The summed E-state index contributed by atoms with van der Waals surface area (Å²) in [5.41, 5.74) is 1.24. The van der Waals surface area contributed by atoms with Crippen LogP contribution < -0.4 is 10.0 Å². The number of rotatable bonds is 4. The van der Waals surface area contributed by atoms with Crippen LogP contribution in [0.25, 0.3) is 5.57 Å². The average molecular weight is 426 g/mol. The Hall–Kier alpha value is -3.59. The van der Waals surface area contributed by atoms with Crippen LogP contribution in [-0.4, -0.2) is 19.4 Å². The van der Waals surface area contributed by atoms with Gasteiger partial charge in [0, 0.05) is 17.3 Å². The Labute approximate surface area is 172 Å². The molecule has 0 aliphatic carbocycles. The molecule has 4 rings (SSSR count). The fourth-order valence-corrected chi connectivity index (χ4v) is 4.24. The molecule has 0 radical (unpaired) electrons. The lowest BCUT2D eigenvalue weighted by molar-refractivity contribution is 0.591. The molecular formula is C21H16F2N4O2S. The Bertz CT molecular complexity index is 1290. The second-order valence-corrected chi connectivity index (χ2v) is 8.12. The Morgan fingerprint density at radius 1 is 1.00 bits per heavy atom. The van der Waals surface area contributed by atoms with Gasteiger partial charge in [-0.25, -0.2) is 26.9 Å². The third-order valence-corrected chi connectivity index (χ3v) is 5.92. The van der Waals surface area contributed by atoms with Crippen LogP contribution in [-0.2, 0) is 16.6 Å². The fourth-order valence-electron chi connectivity index (χ4n) is 3.07. The maximum Gasteiger partial charge on any atom is 0.266 e. The quantitative estimate of drug-likeness (QED) is 0.667. The van der Waals surface area contributed by atoms with Gasteiger partial charge in [0.2, 0.25) is 5.96 Å². The van der Waals surface area contributed by atoms with Crippen LogP contribution >= 0.6 is 0 Å². The Morgan fingerprint density at radius 3 is 2.50 bits per heavy atom. The topological polar surface area (TPSA) is 83.4 Å². The minimum Gasteiger partial charge on any atom is -0.324 e. The van der Waals surface area contributed by atoms with Crippen LogP contribution in [0.4, 0.5) is 14.5 Å². The molecule has 0 unspecified atom stereocenters. The molecule has 0 spiro atoms. The molecule has 1 aliphatic heterocycles. The SMILES string of the molecule is C=C(c1ccccc1F)c1cccc2c1NC(=NCc1ncccc1F)NS2(=O)=O. The van der Waals surface area contributed by atoms with Gasteiger partial charge in [-0.3, -0.25) is 4.98 Å². The lowest BCUT2D eigenvalue weighted by Crippen LogP contribution is -2.41. The normalized spacial score (nSPS) is 15.7. The number of guanidine groups is 1. The monoisotopic (exact) mass is 426 g/mol. The number of hydrogen-bond acceptors (Lipinski definition) is 4. The summed E-state index contributed by atoms with van der Waals surface area (Å²) in [7, 11) is -3.95. The van der Waals surface area contributed by atoms with E-state index in [0.717, 1.165) is 0 Å². The number of sulfonamides is 1. The molecule has 152 valence electrons. The maximum atomic E-state index is 14.3. The largest absolute Gasteiger partial charge is 0.324 e. The van der Waals surface area contributed by atoms with Crippen molar-refractivity contribution in [2.24, 2.45) is 4.99 Å². The number of hydrogen-bond donors (Lipinski definition) is 2. The zero-order valence-electron chi connectivity index (χ0n) is 15.6. The predicted molar refractivity (Wildman–Crippen MR) is 110 cm³/mol. The number of nitrogens with one attached hydrogen (secondary N) is 2. The van der Waals surface area contributed by atoms with Crippen molar-refractivity contribution in [2.75, 3.05) is 5.32 Å². The van der Waals surface area contributed by atoms with Gasteiger partial charge in [-0.05, 0) is 29.8 Å². The van der Waals surface area contributed by atoms with Crippen LogP contribution in [0.2, 0.25) is 0 Å². The second-order valence-electron chi connectivity index (χ2n) is 6.46. The first kappa shape index (κ1) is 19.7. The van der Waals surface area contributed by atoms with Crippen molar-refractivity contribution in [1.82, 2.24) is 9.71 Å². The van der Waals surface area contributed by atoms with Gasteiger partial charge in [0.1, 0.15) is 16.5 Å². The van der Waals surface area contributed by atoms with Gasteiger partial charge in [-0.2, -0.15) is 0 Å². The van der Waals surface area contributed by atoms with E-state index in [1.165, 1.54) is 30.5 Å². The molecule has 1 aromatic heterocycles. The van der Waals surface area contributed by atoms with Crippen molar-refractivity contribution in [2.45, 2.75) is 11.4 Å². The van der Waals surface area contributed by atoms with Gasteiger partial charge in [-0.1, -0.05) is 36.9 Å². The molecule has 1 aliphatic rings. The number of aliphatic imine (C=N–C) groups is 1. The van der Waals surface area contributed by atoms with E-state index in [2.05, 4.69) is 26.6 Å². The molecule has 0 saturated heterocycles.